The van der Waals surface area contributed by atoms with Crippen LogP contribution in [0.15, 0.2) is 54.9 Å². The number of benzene rings is 1. The first kappa shape index (κ1) is 13.6. The Labute approximate surface area is 124 Å². The highest BCUT2D eigenvalue weighted by Crippen LogP contribution is 2.28. The van der Waals surface area contributed by atoms with Gasteiger partial charge in [0.15, 0.2) is 0 Å². The van der Waals surface area contributed by atoms with Crippen LogP contribution in [0.1, 0.15) is 12.0 Å². The molecular weight excluding hydrogens is 260 g/mol. The minimum absolute atomic E-state index is 0.683. The van der Waals surface area contributed by atoms with E-state index in [0.717, 1.165) is 24.4 Å². The summed E-state index contributed by atoms with van der Waals surface area (Å²) in [6, 6.07) is 14.6. The van der Waals surface area contributed by atoms with Gasteiger partial charge in [0.2, 0.25) is 0 Å². The summed E-state index contributed by atoms with van der Waals surface area (Å²) in [4.78, 5) is 6.69. The largest absolute Gasteiger partial charge is 0.330 e. The van der Waals surface area contributed by atoms with Crippen LogP contribution in [0.2, 0.25) is 0 Å². The summed E-state index contributed by atoms with van der Waals surface area (Å²) in [6.07, 6.45) is 4.77. The number of para-hydroxylation sites is 1. The minimum atomic E-state index is 0.683. The van der Waals surface area contributed by atoms with E-state index in [1.54, 1.807) is 0 Å². The van der Waals surface area contributed by atoms with Crippen LogP contribution in [0.4, 0.5) is 11.5 Å². The molecule has 108 valence electrons. The normalized spacial score (nSPS) is 11.0. The van der Waals surface area contributed by atoms with Gasteiger partial charge in [-0.1, -0.05) is 24.3 Å². The van der Waals surface area contributed by atoms with Crippen LogP contribution in [0.3, 0.4) is 0 Å². The first-order chi connectivity index (χ1) is 10.3. The van der Waals surface area contributed by atoms with Crippen molar-refractivity contribution in [3.05, 3.63) is 60.4 Å². The maximum atomic E-state index is 5.72. The fourth-order valence-corrected chi connectivity index (χ4v) is 2.63. The Kier molecular flexibility index (Phi) is 3.88. The molecule has 0 saturated carbocycles. The molecule has 0 unspecified atom stereocenters. The Morgan fingerprint density at radius 1 is 1.14 bits per heavy atom. The summed E-state index contributed by atoms with van der Waals surface area (Å²) >= 11 is 0. The lowest BCUT2D eigenvalue weighted by molar-refractivity contribution is 0.804. The quantitative estimate of drug-likeness (QED) is 0.781. The van der Waals surface area contributed by atoms with E-state index < -0.39 is 0 Å². The molecule has 21 heavy (non-hydrogen) atoms. The van der Waals surface area contributed by atoms with Gasteiger partial charge in [0, 0.05) is 24.6 Å². The van der Waals surface area contributed by atoms with Gasteiger partial charge < -0.3 is 10.6 Å². The highest BCUT2D eigenvalue weighted by molar-refractivity contribution is 5.66. The average molecular weight is 280 g/mol. The molecule has 3 aromatic rings. The van der Waals surface area contributed by atoms with Crippen molar-refractivity contribution >= 4 is 17.2 Å². The zero-order valence-corrected chi connectivity index (χ0v) is 12.2. The van der Waals surface area contributed by atoms with Gasteiger partial charge >= 0.3 is 0 Å². The average Bonchev–Trinajstić information content (AvgIpc) is 2.98. The van der Waals surface area contributed by atoms with E-state index in [0.29, 0.717) is 6.54 Å². The molecule has 0 fully saturated rings. The van der Waals surface area contributed by atoms with E-state index in [1.165, 1.54) is 11.3 Å². The van der Waals surface area contributed by atoms with E-state index >= 15 is 0 Å². The van der Waals surface area contributed by atoms with Gasteiger partial charge in [-0.3, -0.25) is 4.40 Å². The van der Waals surface area contributed by atoms with Crippen molar-refractivity contribution in [1.29, 1.82) is 0 Å². The summed E-state index contributed by atoms with van der Waals surface area (Å²) in [5, 5.41) is 0. The number of aromatic nitrogens is 2. The van der Waals surface area contributed by atoms with Crippen molar-refractivity contribution in [1.82, 2.24) is 9.38 Å². The van der Waals surface area contributed by atoms with Crippen LogP contribution < -0.4 is 10.6 Å². The lowest BCUT2D eigenvalue weighted by Gasteiger charge is -2.27. The number of hydrogen-bond donors (Lipinski definition) is 1. The van der Waals surface area contributed by atoms with Crippen LogP contribution in [-0.4, -0.2) is 22.5 Å². The summed E-state index contributed by atoms with van der Waals surface area (Å²) in [5.74, 6) is 1.12. The number of nitrogens with zero attached hydrogens (tertiary/aromatic N) is 3. The molecule has 3 rings (SSSR count). The Balaban J connectivity index is 2.11. The van der Waals surface area contributed by atoms with Crippen LogP contribution in [0.5, 0.6) is 0 Å². The van der Waals surface area contributed by atoms with Gasteiger partial charge in [0.25, 0.3) is 0 Å². The Bertz CT molecular complexity index is 732. The molecule has 0 saturated heterocycles. The monoisotopic (exact) mass is 280 g/mol. The maximum absolute atomic E-state index is 5.72. The van der Waals surface area contributed by atoms with Crippen molar-refractivity contribution in [2.45, 2.75) is 13.3 Å². The maximum Gasteiger partial charge on any atom is 0.138 e. The third kappa shape index (κ3) is 2.62. The number of aryl methyl sites for hydroxylation is 1. The predicted molar refractivity (Wildman–Crippen MR) is 87.0 cm³/mol. The van der Waals surface area contributed by atoms with Crippen molar-refractivity contribution in [2.75, 3.05) is 18.0 Å². The molecule has 0 aliphatic carbocycles. The smallest absolute Gasteiger partial charge is 0.138 e. The highest BCUT2D eigenvalue weighted by atomic mass is 15.2. The fourth-order valence-electron chi connectivity index (χ4n) is 2.63. The van der Waals surface area contributed by atoms with Crippen LogP contribution in [0.25, 0.3) is 5.65 Å². The zero-order chi connectivity index (χ0) is 14.7. The van der Waals surface area contributed by atoms with Crippen LogP contribution >= 0.6 is 0 Å². The molecule has 0 spiro atoms. The van der Waals surface area contributed by atoms with Gasteiger partial charge in [-0.15, -0.1) is 0 Å². The molecule has 0 aliphatic rings. The topological polar surface area (TPSA) is 46.6 Å². The number of rotatable bonds is 5. The minimum Gasteiger partial charge on any atom is -0.330 e. The summed E-state index contributed by atoms with van der Waals surface area (Å²) in [6.45, 7) is 3.71. The SMILES string of the molecule is Cc1ccccc1N(CCCN)c1cccc2nccn12. The van der Waals surface area contributed by atoms with Gasteiger partial charge in [-0.25, -0.2) is 4.98 Å². The second-order valence-corrected chi connectivity index (χ2v) is 5.12. The molecule has 0 amide bonds. The van der Waals surface area contributed by atoms with Gasteiger partial charge in [0.05, 0.1) is 0 Å². The molecule has 1 aromatic carbocycles. The second kappa shape index (κ2) is 5.97. The molecule has 4 heteroatoms. The molecule has 0 aliphatic heterocycles. The van der Waals surface area contributed by atoms with E-state index in [4.69, 9.17) is 5.73 Å². The van der Waals surface area contributed by atoms with E-state index in [1.807, 2.05) is 24.5 Å². The van der Waals surface area contributed by atoms with Crippen molar-refractivity contribution in [3.8, 4) is 0 Å². The standard InChI is InChI=1S/C17H20N4/c1-14-6-2-3-7-15(14)20(12-5-10-18)17-9-4-8-16-19-11-13-21(16)17/h2-4,6-9,11,13H,5,10,12,18H2,1H3. The Morgan fingerprint density at radius 2 is 2.00 bits per heavy atom. The molecular formula is C17H20N4. The number of nitrogens with two attached hydrogens (primary N) is 1. The number of fused-ring (bicyclic) bond motifs is 1. The Morgan fingerprint density at radius 3 is 2.81 bits per heavy atom. The Hall–Kier alpha value is -2.33. The lowest BCUT2D eigenvalue weighted by atomic mass is 10.1. The first-order valence-corrected chi connectivity index (χ1v) is 7.26. The first-order valence-electron chi connectivity index (χ1n) is 7.26. The number of pyridine rings is 1. The van der Waals surface area contributed by atoms with Gasteiger partial charge in [-0.05, 0) is 43.7 Å². The molecule has 2 N–H and O–H groups in total. The van der Waals surface area contributed by atoms with Gasteiger partial charge in [0.1, 0.15) is 11.5 Å². The molecule has 0 bridgehead atoms. The lowest BCUT2D eigenvalue weighted by Crippen LogP contribution is -2.23. The van der Waals surface area contributed by atoms with Crippen molar-refractivity contribution in [2.24, 2.45) is 5.73 Å². The van der Waals surface area contributed by atoms with E-state index in [9.17, 15) is 0 Å². The molecule has 2 aromatic heterocycles. The molecule has 0 radical (unpaired) electrons. The summed E-state index contributed by atoms with van der Waals surface area (Å²) < 4.78 is 2.11. The highest BCUT2D eigenvalue weighted by Gasteiger charge is 2.13. The number of anilines is 2. The van der Waals surface area contributed by atoms with Gasteiger partial charge in [-0.2, -0.15) is 0 Å². The fraction of sp³-hybridized carbons (Fsp3) is 0.235. The number of hydrogen-bond acceptors (Lipinski definition) is 3. The third-order valence-electron chi connectivity index (χ3n) is 3.68. The number of imidazole rings is 1. The predicted octanol–water partition coefficient (Wildman–Crippen LogP) is 3.13. The molecule has 0 atom stereocenters. The van der Waals surface area contributed by atoms with Crippen molar-refractivity contribution in [3.63, 3.8) is 0 Å². The zero-order valence-electron chi connectivity index (χ0n) is 12.2. The second-order valence-electron chi connectivity index (χ2n) is 5.12. The molecule has 2 heterocycles. The third-order valence-corrected chi connectivity index (χ3v) is 3.68. The van der Waals surface area contributed by atoms with Crippen molar-refractivity contribution < 1.29 is 0 Å². The van der Waals surface area contributed by atoms with E-state index in [2.05, 4.69) is 51.5 Å². The summed E-state index contributed by atoms with van der Waals surface area (Å²) in [5.41, 5.74) is 9.15. The van der Waals surface area contributed by atoms with Crippen LogP contribution in [-0.2, 0) is 0 Å². The van der Waals surface area contributed by atoms with E-state index in [-0.39, 0.29) is 0 Å². The summed E-state index contributed by atoms with van der Waals surface area (Å²) in [7, 11) is 0. The van der Waals surface area contributed by atoms with Crippen LogP contribution in [0, 0.1) is 6.92 Å². The molecule has 4 nitrogen and oxygen atoms in total.